The number of piperazine rings is 1. The second-order valence-corrected chi connectivity index (χ2v) is 3.83. The number of aryl methyl sites for hydroxylation is 1. The zero-order valence-electron chi connectivity index (χ0n) is 8.94. The molecule has 15 heavy (non-hydrogen) atoms. The topological polar surface area (TPSA) is 50.2 Å². The van der Waals surface area contributed by atoms with Gasteiger partial charge in [0.25, 0.3) is 0 Å². The Kier molecular flexibility index (Phi) is 3.01. The second-order valence-electron chi connectivity index (χ2n) is 3.83. The largest absolute Gasteiger partial charge is 0.340 e. The molecule has 5 nitrogen and oxygen atoms in total. The quantitative estimate of drug-likeness (QED) is 0.705. The molecule has 0 aliphatic carbocycles. The van der Waals surface area contributed by atoms with Crippen molar-refractivity contribution in [2.24, 2.45) is 7.05 Å². The Labute approximate surface area is 89.1 Å². The maximum Gasteiger partial charge on any atom is 0.227 e. The fraction of sp³-hybridized carbons (Fsp3) is 0.600. The molecule has 0 bridgehead atoms. The van der Waals surface area contributed by atoms with E-state index < -0.39 is 0 Å². The highest BCUT2D eigenvalue weighted by Gasteiger charge is 2.16. The molecule has 1 aliphatic heterocycles. The molecule has 0 aromatic carbocycles. The minimum atomic E-state index is 0.199. The van der Waals surface area contributed by atoms with Gasteiger partial charge in [0.05, 0.1) is 12.6 Å². The molecule has 0 atom stereocenters. The zero-order valence-corrected chi connectivity index (χ0v) is 8.94. The van der Waals surface area contributed by atoms with E-state index in [0.717, 1.165) is 31.7 Å². The molecule has 1 fully saturated rings. The molecule has 0 saturated carbocycles. The van der Waals surface area contributed by atoms with E-state index in [4.69, 9.17) is 0 Å². The predicted molar refractivity (Wildman–Crippen MR) is 56.4 cm³/mol. The number of hydrogen-bond acceptors (Lipinski definition) is 3. The van der Waals surface area contributed by atoms with E-state index in [0.29, 0.717) is 6.42 Å². The van der Waals surface area contributed by atoms with E-state index >= 15 is 0 Å². The molecule has 1 saturated heterocycles. The van der Waals surface area contributed by atoms with Crippen LogP contribution in [0.3, 0.4) is 0 Å². The lowest BCUT2D eigenvalue weighted by molar-refractivity contribution is -0.131. The smallest absolute Gasteiger partial charge is 0.227 e. The SMILES string of the molecule is Cn1cc(CC(=O)N2CCNCC2)cn1. The Morgan fingerprint density at radius 2 is 2.27 bits per heavy atom. The Hall–Kier alpha value is -1.36. The van der Waals surface area contributed by atoms with E-state index in [1.807, 2.05) is 18.1 Å². The summed E-state index contributed by atoms with van der Waals surface area (Å²) in [7, 11) is 1.86. The van der Waals surface area contributed by atoms with Crippen LogP contribution in [0, 0.1) is 0 Å². The van der Waals surface area contributed by atoms with Gasteiger partial charge in [-0.15, -0.1) is 0 Å². The average Bonchev–Trinajstić information content (AvgIpc) is 2.65. The third-order valence-corrected chi connectivity index (χ3v) is 2.58. The Morgan fingerprint density at radius 3 is 2.87 bits per heavy atom. The standard InChI is InChI=1S/C10H16N4O/c1-13-8-9(7-12-13)6-10(15)14-4-2-11-3-5-14/h7-8,11H,2-6H2,1H3. The van der Waals surface area contributed by atoms with Gasteiger partial charge in [-0.05, 0) is 5.56 Å². The van der Waals surface area contributed by atoms with Gasteiger partial charge in [-0.2, -0.15) is 5.10 Å². The van der Waals surface area contributed by atoms with Crippen LogP contribution in [0.4, 0.5) is 0 Å². The van der Waals surface area contributed by atoms with Gasteiger partial charge in [0.15, 0.2) is 0 Å². The molecular weight excluding hydrogens is 192 g/mol. The van der Waals surface area contributed by atoms with E-state index in [-0.39, 0.29) is 5.91 Å². The first-order chi connectivity index (χ1) is 7.25. The minimum Gasteiger partial charge on any atom is -0.340 e. The van der Waals surface area contributed by atoms with Crippen LogP contribution in [-0.2, 0) is 18.3 Å². The maximum atomic E-state index is 11.8. The summed E-state index contributed by atoms with van der Waals surface area (Å²) in [6.07, 6.45) is 4.11. The van der Waals surface area contributed by atoms with Crippen molar-refractivity contribution in [3.05, 3.63) is 18.0 Å². The number of nitrogens with one attached hydrogen (secondary N) is 1. The molecule has 0 unspecified atom stereocenters. The van der Waals surface area contributed by atoms with Gasteiger partial charge in [-0.25, -0.2) is 0 Å². The number of rotatable bonds is 2. The third-order valence-electron chi connectivity index (χ3n) is 2.58. The van der Waals surface area contributed by atoms with Crippen LogP contribution in [0.25, 0.3) is 0 Å². The van der Waals surface area contributed by atoms with Crippen LogP contribution in [0.5, 0.6) is 0 Å². The number of carbonyl (C=O) groups excluding carboxylic acids is 1. The molecule has 5 heteroatoms. The lowest BCUT2D eigenvalue weighted by atomic mass is 10.2. The van der Waals surface area contributed by atoms with Crippen LogP contribution in [-0.4, -0.2) is 46.8 Å². The van der Waals surface area contributed by atoms with Crippen LogP contribution >= 0.6 is 0 Å². The van der Waals surface area contributed by atoms with Gasteiger partial charge < -0.3 is 10.2 Å². The Bertz CT molecular complexity index is 341. The van der Waals surface area contributed by atoms with Crippen molar-refractivity contribution < 1.29 is 4.79 Å². The fourth-order valence-corrected chi connectivity index (χ4v) is 1.76. The number of amides is 1. The molecule has 0 radical (unpaired) electrons. The van der Waals surface area contributed by atoms with Gasteiger partial charge in [-0.1, -0.05) is 0 Å². The first kappa shape index (κ1) is 10.2. The van der Waals surface area contributed by atoms with Crippen LogP contribution in [0.2, 0.25) is 0 Å². The van der Waals surface area contributed by atoms with E-state index in [1.165, 1.54) is 0 Å². The summed E-state index contributed by atoms with van der Waals surface area (Å²) < 4.78 is 1.72. The molecule has 2 heterocycles. The minimum absolute atomic E-state index is 0.199. The van der Waals surface area contributed by atoms with Gasteiger partial charge in [0, 0.05) is 39.4 Å². The van der Waals surface area contributed by atoms with Crippen molar-refractivity contribution in [1.29, 1.82) is 0 Å². The van der Waals surface area contributed by atoms with Gasteiger partial charge in [0.1, 0.15) is 0 Å². The highest BCUT2D eigenvalue weighted by Crippen LogP contribution is 2.02. The van der Waals surface area contributed by atoms with Crippen LogP contribution in [0.15, 0.2) is 12.4 Å². The number of aromatic nitrogens is 2. The summed E-state index contributed by atoms with van der Waals surface area (Å²) in [6.45, 7) is 3.44. The molecule has 1 amide bonds. The first-order valence-corrected chi connectivity index (χ1v) is 5.22. The zero-order chi connectivity index (χ0) is 10.7. The monoisotopic (exact) mass is 208 g/mol. The summed E-state index contributed by atoms with van der Waals surface area (Å²) in [5.74, 6) is 0.199. The third kappa shape index (κ3) is 2.56. The van der Waals surface area contributed by atoms with Gasteiger partial charge >= 0.3 is 0 Å². The van der Waals surface area contributed by atoms with Gasteiger partial charge in [-0.3, -0.25) is 9.48 Å². The molecule has 2 rings (SSSR count). The highest BCUT2D eigenvalue weighted by molar-refractivity contribution is 5.78. The lowest BCUT2D eigenvalue weighted by Gasteiger charge is -2.27. The van der Waals surface area contributed by atoms with E-state index in [2.05, 4.69) is 10.4 Å². The summed E-state index contributed by atoms with van der Waals surface area (Å²) in [6, 6.07) is 0. The van der Waals surface area contributed by atoms with Crippen molar-refractivity contribution in [1.82, 2.24) is 20.0 Å². The molecule has 1 N–H and O–H groups in total. The van der Waals surface area contributed by atoms with Gasteiger partial charge in [0.2, 0.25) is 5.91 Å². The maximum absolute atomic E-state index is 11.8. The normalized spacial score (nSPS) is 16.7. The van der Waals surface area contributed by atoms with Crippen molar-refractivity contribution >= 4 is 5.91 Å². The van der Waals surface area contributed by atoms with Crippen LogP contribution in [0.1, 0.15) is 5.56 Å². The molecule has 82 valence electrons. The highest BCUT2D eigenvalue weighted by atomic mass is 16.2. The van der Waals surface area contributed by atoms with Crippen molar-refractivity contribution in [2.75, 3.05) is 26.2 Å². The molecule has 1 aliphatic rings. The summed E-state index contributed by atoms with van der Waals surface area (Å²) in [4.78, 5) is 13.7. The molecule has 1 aromatic heterocycles. The Morgan fingerprint density at radius 1 is 1.53 bits per heavy atom. The second kappa shape index (κ2) is 4.44. The average molecular weight is 208 g/mol. The summed E-state index contributed by atoms with van der Waals surface area (Å²) in [5, 5.41) is 7.28. The van der Waals surface area contributed by atoms with Crippen molar-refractivity contribution in [3.8, 4) is 0 Å². The van der Waals surface area contributed by atoms with E-state index in [1.54, 1.807) is 10.9 Å². The van der Waals surface area contributed by atoms with Crippen molar-refractivity contribution in [3.63, 3.8) is 0 Å². The molecular formula is C10H16N4O. The van der Waals surface area contributed by atoms with E-state index in [9.17, 15) is 4.79 Å². The first-order valence-electron chi connectivity index (χ1n) is 5.22. The Balaban J connectivity index is 1.91. The predicted octanol–water partition coefficient (Wildman–Crippen LogP) is -0.606. The fourth-order valence-electron chi connectivity index (χ4n) is 1.76. The molecule has 1 aromatic rings. The van der Waals surface area contributed by atoms with Crippen molar-refractivity contribution in [2.45, 2.75) is 6.42 Å². The molecule has 0 spiro atoms. The summed E-state index contributed by atoms with van der Waals surface area (Å²) in [5.41, 5.74) is 0.987. The number of hydrogen-bond donors (Lipinski definition) is 1. The number of nitrogens with zero attached hydrogens (tertiary/aromatic N) is 3. The number of carbonyl (C=O) groups is 1. The van der Waals surface area contributed by atoms with Crippen LogP contribution < -0.4 is 5.32 Å². The summed E-state index contributed by atoms with van der Waals surface area (Å²) >= 11 is 0. The lowest BCUT2D eigenvalue weighted by Crippen LogP contribution is -2.46.